The quantitative estimate of drug-likeness (QED) is 0.794. The van der Waals surface area contributed by atoms with Crippen LogP contribution in [-0.4, -0.2) is 11.3 Å². The highest BCUT2D eigenvalue weighted by atomic mass is 35.5. The standard InChI is InChI=1S/C11H13ClFNO/c1-7(12)11(15)14-8(2)9-4-3-5-10(13)6-9/h3-8H,1-2H3,(H,14,15)/t7?,8-/m0/s1. The molecule has 0 heterocycles. The van der Waals surface area contributed by atoms with Crippen LogP contribution in [0.25, 0.3) is 0 Å². The van der Waals surface area contributed by atoms with E-state index in [-0.39, 0.29) is 17.8 Å². The Labute approximate surface area is 93.4 Å². The molecule has 82 valence electrons. The van der Waals surface area contributed by atoms with Gasteiger partial charge in [-0.05, 0) is 31.5 Å². The average Bonchev–Trinajstić information content (AvgIpc) is 2.17. The maximum atomic E-state index is 12.9. The first kappa shape index (κ1) is 12.0. The van der Waals surface area contributed by atoms with E-state index in [2.05, 4.69) is 5.32 Å². The van der Waals surface area contributed by atoms with Crippen LogP contribution >= 0.6 is 11.6 Å². The molecule has 0 aromatic heterocycles. The Kier molecular flexibility index (Phi) is 4.09. The number of hydrogen-bond donors (Lipinski definition) is 1. The van der Waals surface area contributed by atoms with Gasteiger partial charge in [0.15, 0.2) is 0 Å². The largest absolute Gasteiger partial charge is 0.348 e. The Hall–Kier alpha value is -1.09. The van der Waals surface area contributed by atoms with Crippen molar-refractivity contribution < 1.29 is 9.18 Å². The first-order valence-electron chi connectivity index (χ1n) is 4.70. The van der Waals surface area contributed by atoms with Crippen molar-refractivity contribution in [3.8, 4) is 0 Å². The van der Waals surface area contributed by atoms with Crippen LogP contribution in [0.4, 0.5) is 4.39 Å². The number of benzene rings is 1. The number of carbonyl (C=O) groups is 1. The second kappa shape index (κ2) is 5.12. The average molecular weight is 230 g/mol. The molecule has 0 saturated heterocycles. The third-order valence-electron chi connectivity index (χ3n) is 2.07. The van der Waals surface area contributed by atoms with Gasteiger partial charge >= 0.3 is 0 Å². The Balaban J connectivity index is 2.69. The van der Waals surface area contributed by atoms with Crippen LogP contribution in [-0.2, 0) is 4.79 Å². The smallest absolute Gasteiger partial charge is 0.238 e. The van der Waals surface area contributed by atoms with E-state index in [1.807, 2.05) is 0 Å². The molecule has 0 bridgehead atoms. The van der Waals surface area contributed by atoms with E-state index in [0.717, 1.165) is 5.56 Å². The Morgan fingerprint density at radius 2 is 2.13 bits per heavy atom. The molecule has 15 heavy (non-hydrogen) atoms. The summed E-state index contributed by atoms with van der Waals surface area (Å²) in [4.78, 5) is 11.3. The molecule has 0 spiro atoms. The first-order valence-corrected chi connectivity index (χ1v) is 5.14. The van der Waals surface area contributed by atoms with Gasteiger partial charge in [0.1, 0.15) is 11.2 Å². The summed E-state index contributed by atoms with van der Waals surface area (Å²) in [7, 11) is 0. The van der Waals surface area contributed by atoms with Gasteiger partial charge in [0.05, 0.1) is 6.04 Å². The van der Waals surface area contributed by atoms with E-state index in [1.165, 1.54) is 12.1 Å². The molecule has 0 aliphatic heterocycles. The predicted octanol–water partition coefficient (Wildman–Crippen LogP) is 2.63. The number of alkyl halides is 1. The van der Waals surface area contributed by atoms with Crippen molar-refractivity contribution in [3.05, 3.63) is 35.6 Å². The van der Waals surface area contributed by atoms with E-state index < -0.39 is 5.38 Å². The molecule has 4 heteroatoms. The fourth-order valence-corrected chi connectivity index (χ4v) is 1.25. The molecule has 0 radical (unpaired) electrons. The summed E-state index contributed by atoms with van der Waals surface area (Å²) in [6, 6.07) is 5.88. The molecule has 0 saturated carbocycles. The van der Waals surface area contributed by atoms with Crippen LogP contribution in [0.5, 0.6) is 0 Å². The van der Waals surface area contributed by atoms with Crippen molar-refractivity contribution in [2.45, 2.75) is 25.3 Å². The van der Waals surface area contributed by atoms with Gasteiger partial charge < -0.3 is 5.32 Å². The van der Waals surface area contributed by atoms with Crippen molar-refractivity contribution >= 4 is 17.5 Å². The van der Waals surface area contributed by atoms with Gasteiger partial charge in [-0.2, -0.15) is 0 Å². The summed E-state index contributed by atoms with van der Waals surface area (Å²) in [6.45, 7) is 3.38. The Bertz CT molecular complexity index is 354. The van der Waals surface area contributed by atoms with Crippen LogP contribution in [0.3, 0.4) is 0 Å². The van der Waals surface area contributed by atoms with Crippen LogP contribution in [0, 0.1) is 5.82 Å². The maximum absolute atomic E-state index is 12.9. The Morgan fingerprint density at radius 1 is 1.47 bits per heavy atom. The highest BCUT2D eigenvalue weighted by Crippen LogP contribution is 2.13. The minimum atomic E-state index is -0.582. The van der Waals surface area contributed by atoms with Crippen molar-refractivity contribution in [1.82, 2.24) is 5.32 Å². The monoisotopic (exact) mass is 229 g/mol. The van der Waals surface area contributed by atoms with E-state index in [4.69, 9.17) is 11.6 Å². The molecule has 1 aromatic carbocycles. The first-order chi connectivity index (χ1) is 7.00. The summed E-state index contributed by atoms with van der Waals surface area (Å²) >= 11 is 5.60. The minimum Gasteiger partial charge on any atom is -0.348 e. The zero-order valence-corrected chi connectivity index (χ0v) is 9.38. The molecule has 1 amide bonds. The molecule has 1 rings (SSSR count). The normalized spacial score (nSPS) is 14.4. The van der Waals surface area contributed by atoms with Gasteiger partial charge in [-0.3, -0.25) is 4.79 Å². The van der Waals surface area contributed by atoms with E-state index >= 15 is 0 Å². The summed E-state index contributed by atoms with van der Waals surface area (Å²) < 4.78 is 12.9. The SMILES string of the molecule is CC(Cl)C(=O)N[C@@H](C)c1cccc(F)c1. The van der Waals surface area contributed by atoms with Crippen LogP contribution < -0.4 is 5.32 Å². The van der Waals surface area contributed by atoms with Crippen molar-refractivity contribution in [2.75, 3.05) is 0 Å². The van der Waals surface area contributed by atoms with Gasteiger partial charge in [0.25, 0.3) is 0 Å². The third kappa shape index (κ3) is 3.51. The number of nitrogens with one attached hydrogen (secondary N) is 1. The van der Waals surface area contributed by atoms with Gasteiger partial charge in [-0.1, -0.05) is 12.1 Å². The summed E-state index contributed by atoms with van der Waals surface area (Å²) in [5, 5.41) is 2.10. The number of halogens is 2. The zero-order chi connectivity index (χ0) is 11.4. The Morgan fingerprint density at radius 3 is 2.67 bits per heavy atom. The summed E-state index contributed by atoms with van der Waals surface area (Å²) in [6.07, 6.45) is 0. The van der Waals surface area contributed by atoms with Gasteiger partial charge in [0, 0.05) is 0 Å². The highest BCUT2D eigenvalue weighted by molar-refractivity contribution is 6.30. The fraction of sp³-hybridized carbons (Fsp3) is 0.364. The van der Waals surface area contributed by atoms with Crippen molar-refractivity contribution in [1.29, 1.82) is 0 Å². The molecular weight excluding hydrogens is 217 g/mol. The van der Waals surface area contributed by atoms with E-state index in [1.54, 1.807) is 26.0 Å². The number of amides is 1. The molecule has 1 N–H and O–H groups in total. The number of hydrogen-bond acceptors (Lipinski definition) is 1. The molecule has 0 fully saturated rings. The van der Waals surface area contributed by atoms with Crippen molar-refractivity contribution in [3.63, 3.8) is 0 Å². The fourth-order valence-electron chi connectivity index (χ4n) is 1.19. The van der Waals surface area contributed by atoms with Crippen LogP contribution in [0.2, 0.25) is 0 Å². The lowest BCUT2D eigenvalue weighted by molar-refractivity contribution is -0.121. The lowest BCUT2D eigenvalue weighted by Crippen LogP contribution is -2.31. The van der Waals surface area contributed by atoms with Gasteiger partial charge in [-0.25, -0.2) is 4.39 Å². The van der Waals surface area contributed by atoms with Gasteiger partial charge in [0.2, 0.25) is 5.91 Å². The van der Waals surface area contributed by atoms with Crippen LogP contribution in [0.1, 0.15) is 25.5 Å². The number of carbonyl (C=O) groups excluding carboxylic acids is 1. The number of rotatable bonds is 3. The second-order valence-electron chi connectivity index (χ2n) is 3.40. The maximum Gasteiger partial charge on any atom is 0.238 e. The summed E-state index contributed by atoms with van der Waals surface area (Å²) in [5.74, 6) is -0.569. The molecule has 1 unspecified atom stereocenters. The van der Waals surface area contributed by atoms with E-state index in [0.29, 0.717) is 0 Å². The second-order valence-corrected chi connectivity index (χ2v) is 4.06. The molecule has 2 atom stereocenters. The van der Waals surface area contributed by atoms with E-state index in [9.17, 15) is 9.18 Å². The molecule has 0 aliphatic rings. The zero-order valence-electron chi connectivity index (χ0n) is 8.63. The predicted molar refractivity (Wildman–Crippen MR) is 58.3 cm³/mol. The lowest BCUT2D eigenvalue weighted by atomic mass is 10.1. The topological polar surface area (TPSA) is 29.1 Å². The molecular formula is C11H13ClFNO. The van der Waals surface area contributed by atoms with Crippen LogP contribution in [0.15, 0.2) is 24.3 Å². The molecule has 1 aromatic rings. The lowest BCUT2D eigenvalue weighted by Gasteiger charge is -2.15. The van der Waals surface area contributed by atoms with Gasteiger partial charge in [-0.15, -0.1) is 11.6 Å². The molecule has 0 aliphatic carbocycles. The third-order valence-corrected chi connectivity index (χ3v) is 2.27. The minimum absolute atomic E-state index is 0.241. The highest BCUT2D eigenvalue weighted by Gasteiger charge is 2.13. The van der Waals surface area contributed by atoms with Crippen molar-refractivity contribution in [2.24, 2.45) is 0 Å². The molecule has 2 nitrogen and oxygen atoms in total. The summed E-state index contributed by atoms with van der Waals surface area (Å²) in [5.41, 5.74) is 0.723.